The quantitative estimate of drug-likeness (QED) is 0.789. The van der Waals surface area contributed by atoms with Crippen LogP contribution in [0.4, 0.5) is 10.2 Å². The van der Waals surface area contributed by atoms with E-state index in [0.717, 1.165) is 23.4 Å². The Kier molecular flexibility index (Phi) is 4.28. The van der Waals surface area contributed by atoms with E-state index < -0.39 is 0 Å². The summed E-state index contributed by atoms with van der Waals surface area (Å²) in [5, 5.41) is 11.6. The fourth-order valence-corrected chi connectivity index (χ4v) is 2.25. The average molecular weight is 308 g/mol. The Morgan fingerprint density at radius 3 is 2.22 bits per heavy atom. The van der Waals surface area contributed by atoms with E-state index in [0.29, 0.717) is 11.6 Å². The van der Waals surface area contributed by atoms with Crippen molar-refractivity contribution in [1.29, 1.82) is 0 Å². The first-order chi connectivity index (χ1) is 11.2. The fraction of sp³-hybridized carbons (Fsp3) is 0.167. The first-order valence-corrected chi connectivity index (χ1v) is 7.49. The molecule has 4 nitrogen and oxygen atoms in total. The lowest BCUT2D eigenvalue weighted by molar-refractivity contribution is 0.628. The zero-order valence-corrected chi connectivity index (χ0v) is 13.0. The first-order valence-electron chi connectivity index (χ1n) is 7.49. The van der Waals surface area contributed by atoms with E-state index in [9.17, 15) is 4.39 Å². The maximum Gasteiger partial charge on any atom is 0.182 e. The number of halogens is 1. The normalized spacial score (nSPS) is 10.6. The van der Waals surface area contributed by atoms with Gasteiger partial charge in [0.05, 0.1) is 0 Å². The summed E-state index contributed by atoms with van der Waals surface area (Å²) < 4.78 is 13.1. The molecule has 0 atom stereocenters. The molecule has 2 aromatic carbocycles. The predicted molar refractivity (Wildman–Crippen MR) is 89.6 cm³/mol. The van der Waals surface area contributed by atoms with Crippen molar-refractivity contribution in [2.24, 2.45) is 0 Å². The highest BCUT2D eigenvalue weighted by molar-refractivity contribution is 5.73. The van der Waals surface area contributed by atoms with E-state index in [4.69, 9.17) is 0 Å². The van der Waals surface area contributed by atoms with Crippen LogP contribution in [0.2, 0.25) is 0 Å². The highest BCUT2D eigenvalue weighted by Gasteiger charge is 2.12. The minimum atomic E-state index is -0.287. The number of aromatic nitrogens is 3. The Morgan fingerprint density at radius 1 is 0.913 bits per heavy atom. The molecule has 0 aliphatic rings. The van der Waals surface area contributed by atoms with Crippen LogP contribution in [0.5, 0.6) is 0 Å². The van der Waals surface area contributed by atoms with E-state index in [1.165, 1.54) is 17.7 Å². The minimum absolute atomic E-state index is 0.287. The largest absolute Gasteiger partial charge is 0.367 e. The molecule has 0 aliphatic carbocycles. The van der Waals surface area contributed by atoms with Crippen LogP contribution in [-0.2, 0) is 0 Å². The van der Waals surface area contributed by atoms with Gasteiger partial charge in [0.1, 0.15) is 11.5 Å². The van der Waals surface area contributed by atoms with Gasteiger partial charge in [-0.3, -0.25) is 0 Å². The van der Waals surface area contributed by atoms with Gasteiger partial charge in [-0.1, -0.05) is 29.8 Å². The van der Waals surface area contributed by atoms with Crippen molar-refractivity contribution in [3.05, 3.63) is 59.9 Å². The van der Waals surface area contributed by atoms with Crippen LogP contribution in [0.25, 0.3) is 22.6 Å². The maximum atomic E-state index is 13.1. The highest BCUT2D eigenvalue weighted by Crippen LogP contribution is 2.26. The molecule has 0 saturated carbocycles. The number of rotatable bonds is 4. The zero-order chi connectivity index (χ0) is 16.2. The Morgan fingerprint density at radius 2 is 1.57 bits per heavy atom. The summed E-state index contributed by atoms with van der Waals surface area (Å²) in [7, 11) is 0. The number of hydrogen-bond acceptors (Lipinski definition) is 4. The summed E-state index contributed by atoms with van der Waals surface area (Å²) in [6, 6.07) is 14.2. The Balaban J connectivity index is 2.09. The van der Waals surface area contributed by atoms with Crippen molar-refractivity contribution in [2.45, 2.75) is 13.8 Å². The number of nitrogens with one attached hydrogen (secondary N) is 1. The lowest BCUT2D eigenvalue weighted by Gasteiger charge is -2.10. The van der Waals surface area contributed by atoms with Crippen LogP contribution in [0, 0.1) is 12.7 Å². The van der Waals surface area contributed by atoms with Crippen LogP contribution in [0.1, 0.15) is 12.5 Å². The van der Waals surface area contributed by atoms with Gasteiger partial charge in [-0.25, -0.2) is 9.37 Å². The summed E-state index contributed by atoms with van der Waals surface area (Å²) in [6.45, 7) is 4.76. The Labute approximate surface area is 134 Å². The van der Waals surface area contributed by atoms with Crippen LogP contribution < -0.4 is 5.32 Å². The molecule has 0 radical (unpaired) electrons. The molecule has 3 rings (SSSR count). The van der Waals surface area contributed by atoms with Gasteiger partial charge < -0.3 is 5.32 Å². The van der Waals surface area contributed by atoms with Crippen molar-refractivity contribution >= 4 is 5.82 Å². The van der Waals surface area contributed by atoms with Crippen molar-refractivity contribution in [3.63, 3.8) is 0 Å². The Hall–Kier alpha value is -2.82. The van der Waals surface area contributed by atoms with Gasteiger partial charge in [0.2, 0.25) is 0 Å². The molecule has 0 saturated heterocycles. The number of hydrogen-bond donors (Lipinski definition) is 1. The predicted octanol–water partition coefficient (Wildman–Crippen LogP) is 4.08. The molecule has 23 heavy (non-hydrogen) atoms. The lowest BCUT2D eigenvalue weighted by Crippen LogP contribution is -2.06. The van der Waals surface area contributed by atoms with Gasteiger partial charge in [-0.05, 0) is 38.1 Å². The molecule has 0 aliphatic heterocycles. The number of nitrogens with zero attached hydrogens (tertiary/aromatic N) is 3. The van der Waals surface area contributed by atoms with Gasteiger partial charge in [0.15, 0.2) is 11.6 Å². The van der Waals surface area contributed by atoms with E-state index in [2.05, 4.69) is 20.5 Å². The standard InChI is InChI=1S/C18H17FN4/c1-3-20-18-16(13-6-4-12(2)5-7-13)21-17(22-23-18)14-8-10-15(19)11-9-14/h4-11H,3H2,1-2H3,(H,20,23). The number of aryl methyl sites for hydroxylation is 1. The minimum Gasteiger partial charge on any atom is -0.367 e. The molecule has 1 aromatic heterocycles. The molecule has 116 valence electrons. The van der Waals surface area contributed by atoms with E-state index in [-0.39, 0.29) is 5.82 Å². The van der Waals surface area contributed by atoms with Gasteiger partial charge in [0.25, 0.3) is 0 Å². The van der Waals surface area contributed by atoms with Crippen LogP contribution in [0.15, 0.2) is 48.5 Å². The summed E-state index contributed by atoms with van der Waals surface area (Å²) in [4.78, 5) is 4.63. The van der Waals surface area contributed by atoms with Gasteiger partial charge in [-0.2, -0.15) is 0 Å². The summed E-state index contributed by atoms with van der Waals surface area (Å²) in [5.74, 6) is 0.828. The Bertz CT molecular complexity index is 798. The smallest absolute Gasteiger partial charge is 0.182 e. The van der Waals surface area contributed by atoms with Gasteiger partial charge in [-0.15, -0.1) is 10.2 Å². The second-order valence-corrected chi connectivity index (χ2v) is 5.24. The number of anilines is 1. The molecular formula is C18H17FN4. The molecule has 3 aromatic rings. The lowest BCUT2D eigenvalue weighted by atomic mass is 10.1. The average Bonchev–Trinajstić information content (AvgIpc) is 2.57. The third-order valence-electron chi connectivity index (χ3n) is 3.46. The van der Waals surface area contributed by atoms with E-state index >= 15 is 0 Å². The van der Waals surface area contributed by atoms with Gasteiger partial charge in [0, 0.05) is 17.7 Å². The SMILES string of the molecule is CCNc1nnc(-c2ccc(F)cc2)nc1-c1ccc(C)cc1. The molecule has 0 unspecified atom stereocenters. The molecule has 0 spiro atoms. The maximum absolute atomic E-state index is 13.1. The van der Waals surface area contributed by atoms with E-state index in [1.54, 1.807) is 12.1 Å². The van der Waals surface area contributed by atoms with E-state index in [1.807, 2.05) is 38.1 Å². The van der Waals surface area contributed by atoms with Crippen LogP contribution in [0.3, 0.4) is 0 Å². The molecular weight excluding hydrogens is 291 g/mol. The fourth-order valence-electron chi connectivity index (χ4n) is 2.25. The van der Waals surface area contributed by atoms with Crippen molar-refractivity contribution in [1.82, 2.24) is 15.2 Å². The van der Waals surface area contributed by atoms with Crippen LogP contribution >= 0.6 is 0 Å². The highest BCUT2D eigenvalue weighted by atomic mass is 19.1. The molecule has 0 bridgehead atoms. The summed E-state index contributed by atoms with van der Waals surface area (Å²) in [5.41, 5.74) is 3.61. The first kappa shape index (κ1) is 15.1. The third kappa shape index (κ3) is 3.34. The zero-order valence-electron chi connectivity index (χ0n) is 13.0. The van der Waals surface area contributed by atoms with Crippen LogP contribution in [-0.4, -0.2) is 21.7 Å². The monoisotopic (exact) mass is 308 g/mol. The van der Waals surface area contributed by atoms with Crippen molar-refractivity contribution in [2.75, 3.05) is 11.9 Å². The summed E-state index contributed by atoms with van der Waals surface area (Å²) in [6.07, 6.45) is 0. The second-order valence-electron chi connectivity index (χ2n) is 5.24. The number of benzene rings is 2. The molecule has 5 heteroatoms. The molecule has 0 amide bonds. The topological polar surface area (TPSA) is 50.7 Å². The third-order valence-corrected chi connectivity index (χ3v) is 3.46. The molecule has 0 fully saturated rings. The van der Waals surface area contributed by atoms with Gasteiger partial charge >= 0.3 is 0 Å². The molecule has 1 N–H and O–H groups in total. The summed E-state index contributed by atoms with van der Waals surface area (Å²) >= 11 is 0. The van der Waals surface area contributed by atoms with Crippen molar-refractivity contribution in [3.8, 4) is 22.6 Å². The second kappa shape index (κ2) is 6.52. The molecule has 1 heterocycles. The van der Waals surface area contributed by atoms with Crippen molar-refractivity contribution < 1.29 is 4.39 Å².